The van der Waals surface area contributed by atoms with Gasteiger partial charge < -0.3 is 10.1 Å². The molecule has 0 aliphatic carbocycles. The molecular formula is C25H27N5O2S. The Kier molecular flexibility index (Phi) is 6.11. The number of hydrogen-bond donors (Lipinski definition) is 2. The number of thiophene rings is 1. The fraction of sp³-hybridized carbons (Fsp3) is 0.320. The molecule has 7 nitrogen and oxygen atoms in total. The van der Waals surface area contributed by atoms with Gasteiger partial charge in [-0.15, -0.1) is 11.3 Å². The largest absolute Gasteiger partial charge is 0.496 e. The Balaban J connectivity index is 1.30. The Labute approximate surface area is 196 Å². The number of methoxy groups -OCH3 is 1. The third kappa shape index (κ3) is 4.62. The molecule has 0 spiro atoms. The van der Waals surface area contributed by atoms with Crippen molar-refractivity contribution >= 4 is 28.1 Å². The van der Waals surface area contributed by atoms with Crippen molar-refractivity contribution in [2.24, 2.45) is 0 Å². The van der Waals surface area contributed by atoms with Crippen LogP contribution in [0.15, 0.2) is 48.0 Å². The second kappa shape index (κ2) is 9.33. The summed E-state index contributed by atoms with van der Waals surface area (Å²) >= 11 is 1.72. The minimum Gasteiger partial charge on any atom is -0.496 e. The van der Waals surface area contributed by atoms with Crippen molar-refractivity contribution in [3.05, 3.63) is 64.1 Å². The number of aryl methyl sites for hydroxylation is 1. The topological polar surface area (TPSA) is 83.1 Å². The molecule has 1 amide bonds. The summed E-state index contributed by atoms with van der Waals surface area (Å²) in [6.07, 6.45) is 3.83. The number of likely N-dealkylation sites (tertiary alicyclic amines) is 1. The smallest absolute Gasteiger partial charge is 0.251 e. The summed E-state index contributed by atoms with van der Waals surface area (Å²) in [6.45, 7) is 4.67. The maximum atomic E-state index is 13.1. The predicted molar refractivity (Wildman–Crippen MR) is 131 cm³/mol. The summed E-state index contributed by atoms with van der Waals surface area (Å²) in [4.78, 5) is 21.0. The van der Waals surface area contributed by atoms with Gasteiger partial charge in [0.05, 0.1) is 17.5 Å². The molecule has 170 valence electrons. The second-order valence-corrected chi connectivity index (χ2v) is 9.48. The lowest BCUT2D eigenvalue weighted by Gasteiger charge is -2.33. The lowest BCUT2D eigenvalue weighted by atomic mass is 10.0. The summed E-state index contributed by atoms with van der Waals surface area (Å²) in [7, 11) is 1.71. The van der Waals surface area contributed by atoms with Crippen molar-refractivity contribution in [3.63, 3.8) is 0 Å². The Morgan fingerprint density at radius 3 is 3.06 bits per heavy atom. The standard InChI is InChI=1S/C25H27N5O2S/c1-16-12-17(7-9-26-16)24-20-13-18(5-6-21(20)28-29-24)25(31)27-19-4-3-10-30(14-19)15-23-22(32-2)8-11-33-23/h5-9,11-13,19H,3-4,10,14-15H2,1-2H3,(H,27,31)(H,28,29). The number of ether oxygens (including phenoxy) is 1. The maximum Gasteiger partial charge on any atom is 0.251 e. The van der Waals surface area contributed by atoms with E-state index < -0.39 is 0 Å². The van der Waals surface area contributed by atoms with Gasteiger partial charge in [-0.2, -0.15) is 5.10 Å². The van der Waals surface area contributed by atoms with Crippen LogP contribution in [-0.4, -0.2) is 52.2 Å². The van der Waals surface area contributed by atoms with Crippen LogP contribution >= 0.6 is 11.3 Å². The highest BCUT2D eigenvalue weighted by Crippen LogP contribution is 2.28. The number of hydrogen-bond acceptors (Lipinski definition) is 6. The molecule has 1 unspecified atom stereocenters. The van der Waals surface area contributed by atoms with E-state index in [1.54, 1.807) is 24.6 Å². The van der Waals surface area contributed by atoms with Crippen molar-refractivity contribution in [3.8, 4) is 17.0 Å². The molecule has 1 fully saturated rings. The number of carbonyl (C=O) groups is 1. The van der Waals surface area contributed by atoms with Gasteiger partial charge in [0.1, 0.15) is 11.4 Å². The number of carbonyl (C=O) groups excluding carboxylic acids is 1. The van der Waals surface area contributed by atoms with E-state index in [-0.39, 0.29) is 11.9 Å². The first-order valence-electron chi connectivity index (χ1n) is 11.2. The van der Waals surface area contributed by atoms with Gasteiger partial charge in [-0.25, -0.2) is 0 Å². The molecule has 2 N–H and O–H groups in total. The minimum absolute atomic E-state index is 0.0458. The monoisotopic (exact) mass is 461 g/mol. The van der Waals surface area contributed by atoms with E-state index in [4.69, 9.17) is 4.74 Å². The lowest BCUT2D eigenvalue weighted by molar-refractivity contribution is 0.0901. The highest BCUT2D eigenvalue weighted by molar-refractivity contribution is 7.10. The van der Waals surface area contributed by atoms with Crippen LogP contribution in [0.25, 0.3) is 22.2 Å². The second-order valence-electron chi connectivity index (χ2n) is 8.48. The fourth-order valence-electron chi connectivity index (χ4n) is 4.48. The van der Waals surface area contributed by atoms with Gasteiger partial charge in [-0.3, -0.25) is 19.8 Å². The van der Waals surface area contributed by atoms with E-state index in [0.29, 0.717) is 5.56 Å². The van der Waals surface area contributed by atoms with Gasteiger partial charge in [0.15, 0.2) is 0 Å². The molecule has 4 heterocycles. The molecule has 1 atom stereocenters. The lowest BCUT2D eigenvalue weighted by Crippen LogP contribution is -2.47. The van der Waals surface area contributed by atoms with E-state index in [1.165, 1.54) is 4.88 Å². The van der Waals surface area contributed by atoms with E-state index in [9.17, 15) is 4.79 Å². The number of nitrogens with zero attached hydrogens (tertiary/aromatic N) is 3. The Bertz CT molecular complexity index is 1280. The number of H-pyrrole nitrogens is 1. The van der Waals surface area contributed by atoms with Crippen molar-refractivity contribution in [1.29, 1.82) is 0 Å². The van der Waals surface area contributed by atoms with Crippen LogP contribution < -0.4 is 10.1 Å². The molecule has 33 heavy (non-hydrogen) atoms. The predicted octanol–water partition coefficient (Wildman–Crippen LogP) is 4.40. The molecule has 0 bridgehead atoms. The molecule has 5 rings (SSSR count). The van der Waals surface area contributed by atoms with E-state index in [2.05, 4.69) is 30.8 Å². The number of rotatable bonds is 6. The number of nitrogens with one attached hydrogen (secondary N) is 2. The Hall–Kier alpha value is -3.23. The SMILES string of the molecule is COc1ccsc1CN1CCCC(NC(=O)c2ccc3[nH]nc(-c4ccnc(C)c4)c3c2)C1. The number of piperidine rings is 1. The molecule has 1 aliphatic heterocycles. The zero-order valence-electron chi connectivity index (χ0n) is 18.8. The molecule has 8 heteroatoms. The highest BCUT2D eigenvalue weighted by atomic mass is 32.1. The molecule has 0 saturated carbocycles. The Morgan fingerprint density at radius 1 is 1.30 bits per heavy atom. The molecule has 1 aliphatic rings. The third-order valence-corrected chi connectivity index (χ3v) is 7.01. The first-order chi connectivity index (χ1) is 16.1. The zero-order chi connectivity index (χ0) is 22.8. The normalized spacial score (nSPS) is 16.7. The van der Waals surface area contributed by atoms with Crippen molar-refractivity contribution < 1.29 is 9.53 Å². The van der Waals surface area contributed by atoms with Gasteiger partial charge in [-0.1, -0.05) is 0 Å². The maximum absolute atomic E-state index is 13.1. The quantitative estimate of drug-likeness (QED) is 0.445. The average Bonchev–Trinajstić information content (AvgIpc) is 3.45. The summed E-state index contributed by atoms with van der Waals surface area (Å²) < 4.78 is 5.46. The van der Waals surface area contributed by atoms with Crippen molar-refractivity contribution in [2.45, 2.75) is 32.4 Å². The molecule has 1 saturated heterocycles. The summed E-state index contributed by atoms with van der Waals surface area (Å²) in [5, 5.41) is 13.8. The van der Waals surface area contributed by atoms with Crippen LogP contribution in [0, 0.1) is 6.92 Å². The van der Waals surface area contributed by atoms with Crippen LogP contribution in [0.2, 0.25) is 0 Å². The first-order valence-corrected chi connectivity index (χ1v) is 12.0. The zero-order valence-corrected chi connectivity index (χ0v) is 19.6. The van der Waals surface area contributed by atoms with Gasteiger partial charge in [0.25, 0.3) is 5.91 Å². The van der Waals surface area contributed by atoms with E-state index in [0.717, 1.165) is 66.1 Å². The molecular weight excluding hydrogens is 434 g/mol. The minimum atomic E-state index is -0.0458. The van der Waals surface area contributed by atoms with Gasteiger partial charge >= 0.3 is 0 Å². The van der Waals surface area contributed by atoms with Gasteiger partial charge in [0.2, 0.25) is 0 Å². The van der Waals surface area contributed by atoms with Crippen LogP contribution in [0.4, 0.5) is 0 Å². The number of aromatic nitrogens is 3. The number of fused-ring (bicyclic) bond motifs is 1. The van der Waals surface area contributed by atoms with Crippen molar-refractivity contribution in [1.82, 2.24) is 25.4 Å². The van der Waals surface area contributed by atoms with Gasteiger partial charge in [-0.05, 0) is 68.1 Å². The van der Waals surface area contributed by atoms with Crippen LogP contribution in [0.3, 0.4) is 0 Å². The average molecular weight is 462 g/mol. The van der Waals surface area contributed by atoms with E-state index in [1.807, 2.05) is 43.3 Å². The summed E-state index contributed by atoms with van der Waals surface area (Å²) in [5.74, 6) is 0.898. The highest BCUT2D eigenvalue weighted by Gasteiger charge is 2.23. The fourth-order valence-corrected chi connectivity index (χ4v) is 5.36. The van der Waals surface area contributed by atoms with Crippen molar-refractivity contribution in [2.75, 3.05) is 20.2 Å². The Morgan fingerprint density at radius 2 is 2.21 bits per heavy atom. The molecule has 3 aromatic heterocycles. The third-order valence-electron chi connectivity index (χ3n) is 6.13. The molecule has 0 radical (unpaired) electrons. The van der Waals surface area contributed by atoms with Crippen LogP contribution in [-0.2, 0) is 6.54 Å². The number of pyridine rings is 1. The molecule has 4 aromatic rings. The van der Waals surface area contributed by atoms with Crippen LogP contribution in [0.1, 0.15) is 33.8 Å². The van der Waals surface area contributed by atoms with Crippen LogP contribution in [0.5, 0.6) is 5.75 Å². The first kappa shape index (κ1) is 21.6. The van der Waals surface area contributed by atoms with Gasteiger partial charge in [0, 0.05) is 47.5 Å². The summed E-state index contributed by atoms with van der Waals surface area (Å²) in [5.41, 5.74) is 4.30. The number of benzene rings is 1. The summed E-state index contributed by atoms with van der Waals surface area (Å²) in [6, 6.07) is 11.8. The van der Waals surface area contributed by atoms with E-state index >= 15 is 0 Å². The molecule has 1 aromatic carbocycles. The number of amides is 1. The number of aromatic amines is 1.